The molecule has 9 nitrogen and oxygen atoms in total. The van der Waals surface area contributed by atoms with Crippen LogP contribution in [0.1, 0.15) is 32.6 Å². The van der Waals surface area contributed by atoms with E-state index in [2.05, 4.69) is 42.1 Å². The third kappa shape index (κ3) is 2.65. The van der Waals surface area contributed by atoms with Crippen molar-refractivity contribution in [2.45, 2.75) is 44.2 Å². The quantitative estimate of drug-likeness (QED) is 0.544. The highest BCUT2D eigenvalue weighted by molar-refractivity contribution is 5.93. The fraction of sp³-hybridized carbons (Fsp3) is 0.381. The van der Waals surface area contributed by atoms with Gasteiger partial charge in [0.1, 0.15) is 5.65 Å². The van der Waals surface area contributed by atoms with Gasteiger partial charge in [0.2, 0.25) is 17.6 Å². The Hall–Kier alpha value is -3.49. The van der Waals surface area contributed by atoms with Crippen molar-refractivity contribution in [3.05, 3.63) is 37.2 Å². The zero-order chi connectivity index (χ0) is 20.3. The van der Waals surface area contributed by atoms with Gasteiger partial charge in [-0.3, -0.25) is 9.20 Å². The highest BCUT2D eigenvalue weighted by Gasteiger charge is 2.48. The van der Waals surface area contributed by atoms with Crippen molar-refractivity contribution in [3.63, 3.8) is 0 Å². The SMILES string of the molecule is C[C@]1(N2CCCC2=O)C[C@@H](Nc2ncc3c(-c4cnc5nccn5c4)c[nH]c3n2)C1. The average molecular weight is 402 g/mol. The number of hydrogen-bond donors (Lipinski definition) is 2. The van der Waals surface area contributed by atoms with Gasteiger partial charge in [0.05, 0.1) is 0 Å². The van der Waals surface area contributed by atoms with Crippen molar-refractivity contribution in [1.29, 1.82) is 0 Å². The molecule has 1 aliphatic heterocycles. The Morgan fingerprint density at radius 2 is 2.13 bits per heavy atom. The topological polar surface area (TPSA) is 104 Å². The normalized spacial score (nSPS) is 24.0. The summed E-state index contributed by atoms with van der Waals surface area (Å²) < 4.78 is 1.89. The summed E-state index contributed by atoms with van der Waals surface area (Å²) in [4.78, 5) is 35.1. The molecule has 5 heterocycles. The first-order valence-corrected chi connectivity index (χ1v) is 10.3. The summed E-state index contributed by atoms with van der Waals surface area (Å²) in [5, 5.41) is 4.38. The summed E-state index contributed by atoms with van der Waals surface area (Å²) in [6.07, 6.45) is 14.7. The van der Waals surface area contributed by atoms with Gasteiger partial charge in [-0.2, -0.15) is 4.98 Å². The van der Waals surface area contributed by atoms with E-state index in [0.717, 1.165) is 48.0 Å². The van der Waals surface area contributed by atoms with E-state index in [1.807, 2.05) is 35.4 Å². The number of aromatic amines is 1. The van der Waals surface area contributed by atoms with Crippen LogP contribution in [0, 0.1) is 0 Å². The molecule has 2 N–H and O–H groups in total. The Morgan fingerprint density at radius 3 is 2.97 bits per heavy atom. The van der Waals surface area contributed by atoms with Gasteiger partial charge >= 0.3 is 0 Å². The van der Waals surface area contributed by atoms with Crippen LogP contribution in [-0.4, -0.2) is 58.3 Å². The molecule has 1 saturated heterocycles. The summed E-state index contributed by atoms with van der Waals surface area (Å²) in [7, 11) is 0. The maximum Gasteiger partial charge on any atom is 0.233 e. The second kappa shape index (κ2) is 6.25. The number of imidazole rings is 1. The van der Waals surface area contributed by atoms with Crippen LogP contribution >= 0.6 is 0 Å². The van der Waals surface area contributed by atoms with Crippen LogP contribution < -0.4 is 5.32 Å². The third-order valence-corrected chi connectivity index (χ3v) is 6.42. The first-order chi connectivity index (χ1) is 14.6. The number of aromatic nitrogens is 6. The number of hydrogen-bond acceptors (Lipinski definition) is 6. The molecule has 1 saturated carbocycles. The smallest absolute Gasteiger partial charge is 0.233 e. The van der Waals surface area contributed by atoms with Gasteiger partial charge in [0, 0.05) is 78.2 Å². The minimum atomic E-state index is -0.0338. The molecule has 0 atom stereocenters. The molecular formula is C21H22N8O. The van der Waals surface area contributed by atoms with Gasteiger partial charge in [-0.05, 0) is 26.2 Å². The number of fused-ring (bicyclic) bond motifs is 2. The largest absolute Gasteiger partial charge is 0.351 e. The van der Waals surface area contributed by atoms with E-state index >= 15 is 0 Å². The zero-order valence-electron chi connectivity index (χ0n) is 16.7. The summed E-state index contributed by atoms with van der Waals surface area (Å²) in [6.45, 7) is 3.07. The van der Waals surface area contributed by atoms with Gasteiger partial charge in [-0.25, -0.2) is 15.0 Å². The summed E-state index contributed by atoms with van der Waals surface area (Å²) >= 11 is 0. The highest BCUT2D eigenvalue weighted by atomic mass is 16.2. The highest BCUT2D eigenvalue weighted by Crippen LogP contribution is 2.41. The van der Waals surface area contributed by atoms with Crippen molar-refractivity contribution in [3.8, 4) is 11.1 Å². The van der Waals surface area contributed by atoms with Crippen molar-refractivity contribution in [2.75, 3.05) is 11.9 Å². The molecule has 0 bridgehead atoms. The molecule has 4 aromatic heterocycles. The second-order valence-electron chi connectivity index (χ2n) is 8.53. The van der Waals surface area contributed by atoms with Crippen LogP contribution in [0.2, 0.25) is 0 Å². The molecule has 0 unspecified atom stereocenters. The number of H-pyrrole nitrogens is 1. The van der Waals surface area contributed by atoms with Gasteiger partial charge in [-0.15, -0.1) is 0 Å². The summed E-state index contributed by atoms with van der Waals surface area (Å²) in [6, 6.07) is 0.281. The van der Waals surface area contributed by atoms with E-state index in [-0.39, 0.29) is 17.5 Å². The lowest BCUT2D eigenvalue weighted by Gasteiger charge is -2.51. The minimum absolute atomic E-state index is 0.0338. The predicted octanol–water partition coefficient (Wildman–Crippen LogP) is 2.62. The number of anilines is 1. The molecule has 9 heteroatoms. The number of nitrogens with zero attached hydrogens (tertiary/aromatic N) is 6. The molecular weight excluding hydrogens is 380 g/mol. The van der Waals surface area contributed by atoms with Crippen LogP contribution in [0.25, 0.3) is 27.9 Å². The van der Waals surface area contributed by atoms with Gasteiger partial charge in [0.25, 0.3) is 0 Å². The van der Waals surface area contributed by atoms with Gasteiger partial charge in [0.15, 0.2) is 0 Å². The molecule has 152 valence electrons. The molecule has 4 aromatic rings. The number of amides is 1. The zero-order valence-corrected chi connectivity index (χ0v) is 16.7. The Kier molecular flexibility index (Phi) is 3.62. The molecule has 1 aliphatic carbocycles. The maximum atomic E-state index is 12.1. The number of likely N-dealkylation sites (tertiary alicyclic amines) is 1. The Labute approximate surface area is 172 Å². The van der Waals surface area contributed by atoms with Crippen molar-refractivity contribution in [2.24, 2.45) is 0 Å². The van der Waals surface area contributed by atoms with E-state index in [1.165, 1.54) is 0 Å². The third-order valence-electron chi connectivity index (χ3n) is 6.42. The molecule has 2 fully saturated rings. The second-order valence-corrected chi connectivity index (χ2v) is 8.53. The number of carbonyl (C=O) groups excluding carboxylic acids is 1. The monoisotopic (exact) mass is 402 g/mol. The summed E-state index contributed by atoms with van der Waals surface area (Å²) in [5.41, 5.74) is 2.73. The lowest BCUT2D eigenvalue weighted by Crippen LogP contribution is -2.59. The van der Waals surface area contributed by atoms with E-state index in [0.29, 0.717) is 18.1 Å². The first-order valence-electron chi connectivity index (χ1n) is 10.3. The minimum Gasteiger partial charge on any atom is -0.351 e. The van der Waals surface area contributed by atoms with Gasteiger partial charge in [-0.1, -0.05) is 0 Å². The molecule has 1 amide bonds. The molecule has 0 radical (unpaired) electrons. The summed E-state index contributed by atoms with van der Waals surface area (Å²) in [5.74, 6) is 1.57. The van der Waals surface area contributed by atoms with E-state index < -0.39 is 0 Å². The fourth-order valence-corrected chi connectivity index (χ4v) is 4.90. The van der Waals surface area contributed by atoms with Crippen molar-refractivity contribution >= 4 is 28.7 Å². The van der Waals surface area contributed by atoms with Crippen LogP contribution in [0.5, 0.6) is 0 Å². The van der Waals surface area contributed by atoms with Gasteiger partial charge < -0.3 is 15.2 Å². The lowest BCUT2D eigenvalue weighted by atomic mass is 9.73. The van der Waals surface area contributed by atoms with Crippen LogP contribution in [0.3, 0.4) is 0 Å². The van der Waals surface area contributed by atoms with Crippen molar-refractivity contribution < 1.29 is 4.79 Å². The maximum absolute atomic E-state index is 12.1. The molecule has 30 heavy (non-hydrogen) atoms. The van der Waals surface area contributed by atoms with E-state index in [4.69, 9.17) is 0 Å². The van der Waals surface area contributed by atoms with E-state index in [1.54, 1.807) is 6.20 Å². The number of carbonyl (C=O) groups is 1. The first kappa shape index (κ1) is 17.4. The molecule has 2 aliphatic rings. The lowest BCUT2D eigenvalue weighted by molar-refractivity contribution is -0.136. The predicted molar refractivity (Wildman–Crippen MR) is 112 cm³/mol. The number of rotatable bonds is 4. The fourth-order valence-electron chi connectivity index (χ4n) is 4.90. The molecule has 6 rings (SSSR count). The standard InChI is InChI=1S/C21H22N8O/c1-21(29-5-2-3-17(29)30)7-14(8-21)26-19-24-11-16-15(10-23-18(16)27-19)13-9-25-20-22-4-6-28(20)12-13/h4,6,9-12,14H,2-3,5,7-8H2,1H3,(H2,23,24,26,27)/t14-,21+. The van der Waals surface area contributed by atoms with Crippen molar-refractivity contribution in [1.82, 2.24) is 34.2 Å². The Morgan fingerprint density at radius 1 is 1.23 bits per heavy atom. The van der Waals surface area contributed by atoms with Crippen LogP contribution in [-0.2, 0) is 4.79 Å². The van der Waals surface area contributed by atoms with Crippen LogP contribution in [0.15, 0.2) is 37.2 Å². The Balaban J connectivity index is 1.20. The number of nitrogens with one attached hydrogen (secondary N) is 2. The molecule has 0 aromatic carbocycles. The molecule has 0 spiro atoms. The van der Waals surface area contributed by atoms with E-state index in [9.17, 15) is 4.79 Å². The Bertz CT molecular complexity index is 1270. The average Bonchev–Trinajstić information content (AvgIpc) is 3.44. The van der Waals surface area contributed by atoms with Crippen LogP contribution in [0.4, 0.5) is 5.95 Å².